The molecular weight excluding hydrogens is 436 g/mol. The fourth-order valence-corrected chi connectivity index (χ4v) is 4.19. The number of aryl methyl sites for hydroxylation is 2. The van der Waals surface area contributed by atoms with E-state index in [1.54, 1.807) is 19.2 Å². The summed E-state index contributed by atoms with van der Waals surface area (Å²) in [5.41, 5.74) is 2.11. The number of nitrogens with one attached hydrogen (secondary N) is 1. The minimum Gasteiger partial charge on any atom is -0.490 e. The van der Waals surface area contributed by atoms with Gasteiger partial charge in [-0.15, -0.1) is 10.2 Å². The molecule has 0 aliphatic carbocycles. The topological polar surface area (TPSA) is 82.7 Å². The van der Waals surface area contributed by atoms with Crippen LogP contribution in [0.5, 0.6) is 5.75 Å². The number of hydrogen-bond acceptors (Lipinski definition) is 7. The second-order valence-corrected chi connectivity index (χ2v) is 8.30. The standard InChI is InChI=1S/C21H23F2N7OS/c1-5-31-19-15(16(22)6-7-17(19)23)11-29-9-8-18(28-29)24-21-26-25-20(32-21)14(4)30-13(3)10-12(2)27-30/h6-10,14H,5,11H2,1-4H3,(H,24,26,28). The third-order valence-electron chi connectivity index (χ3n) is 4.85. The van der Waals surface area contributed by atoms with E-state index < -0.39 is 11.6 Å². The molecule has 0 saturated heterocycles. The monoisotopic (exact) mass is 459 g/mol. The largest absolute Gasteiger partial charge is 0.490 e. The van der Waals surface area contributed by atoms with E-state index >= 15 is 0 Å². The van der Waals surface area contributed by atoms with Crippen molar-refractivity contribution in [1.29, 1.82) is 0 Å². The summed E-state index contributed by atoms with van der Waals surface area (Å²) in [4.78, 5) is 0. The van der Waals surface area contributed by atoms with Gasteiger partial charge in [-0.2, -0.15) is 10.2 Å². The lowest BCUT2D eigenvalue weighted by molar-refractivity contribution is 0.313. The highest BCUT2D eigenvalue weighted by atomic mass is 32.1. The zero-order valence-electron chi connectivity index (χ0n) is 18.1. The average Bonchev–Trinajstić information content (AvgIpc) is 3.48. The summed E-state index contributed by atoms with van der Waals surface area (Å²) in [6.07, 6.45) is 1.67. The van der Waals surface area contributed by atoms with E-state index in [1.165, 1.54) is 16.0 Å². The molecule has 0 aliphatic heterocycles. The highest BCUT2D eigenvalue weighted by Gasteiger charge is 2.18. The molecule has 0 saturated carbocycles. The van der Waals surface area contributed by atoms with Crippen molar-refractivity contribution in [3.63, 3.8) is 0 Å². The fourth-order valence-electron chi connectivity index (χ4n) is 3.41. The van der Waals surface area contributed by atoms with Gasteiger partial charge in [-0.3, -0.25) is 9.36 Å². The lowest BCUT2D eigenvalue weighted by Gasteiger charge is -2.12. The van der Waals surface area contributed by atoms with Gasteiger partial charge in [0, 0.05) is 18.0 Å². The summed E-state index contributed by atoms with van der Waals surface area (Å²) >= 11 is 1.40. The second kappa shape index (κ2) is 9.03. The van der Waals surface area contributed by atoms with Crippen LogP contribution >= 0.6 is 11.3 Å². The van der Waals surface area contributed by atoms with Crippen molar-refractivity contribution in [3.8, 4) is 5.75 Å². The van der Waals surface area contributed by atoms with Gasteiger partial charge in [0.2, 0.25) is 5.13 Å². The van der Waals surface area contributed by atoms with Gasteiger partial charge in [-0.1, -0.05) is 11.3 Å². The number of halogens is 2. The molecule has 8 nitrogen and oxygen atoms in total. The molecule has 3 heterocycles. The highest BCUT2D eigenvalue weighted by molar-refractivity contribution is 7.15. The van der Waals surface area contributed by atoms with Crippen LogP contribution in [-0.4, -0.2) is 36.4 Å². The van der Waals surface area contributed by atoms with Gasteiger partial charge in [-0.05, 0) is 45.9 Å². The number of nitrogens with zero attached hydrogens (tertiary/aromatic N) is 6. The van der Waals surface area contributed by atoms with Crippen molar-refractivity contribution in [2.24, 2.45) is 0 Å². The van der Waals surface area contributed by atoms with Gasteiger partial charge in [0.25, 0.3) is 0 Å². The summed E-state index contributed by atoms with van der Waals surface area (Å²) in [6, 6.07) is 5.83. The quantitative estimate of drug-likeness (QED) is 0.414. The van der Waals surface area contributed by atoms with Crippen LogP contribution in [0.25, 0.3) is 0 Å². The molecule has 0 bridgehead atoms. The van der Waals surface area contributed by atoms with Crippen molar-refractivity contribution in [2.75, 3.05) is 11.9 Å². The Kier molecular flexibility index (Phi) is 6.17. The van der Waals surface area contributed by atoms with Gasteiger partial charge in [-0.25, -0.2) is 8.78 Å². The third-order valence-corrected chi connectivity index (χ3v) is 5.86. The molecule has 3 aromatic heterocycles. The van der Waals surface area contributed by atoms with Crippen molar-refractivity contribution >= 4 is 22.3 Å². The molecule has 0 amide bonds. The van der Waals surface area contributed by atoms with Crippen molar-refractivity contribution in [3.05, 3.63) is 64.1 Å². The van der Waals surface area contributed by atoms with Crippen LogP contribution in [0.4, 0.5) is 19.7 Å². The zero-order valence-corrected chi connectivity index (χ0v) is 19.0. The molecule has 4 rings (SSSR count). The van der Waals surface area contributed by atoms with Crippen LogP contribution in [0.2, 0.25) is 0 Å². The van der Waals surface area contributed by atoms with E-state index in [0.717, 1.165) is 28.5 Å². The summed E-state index contributed by atoms with van der Waals surface area (Å²) in [7, 11) is 0. The summed E-state index contributed by atoms with van der Waals surface area (Å²) in [6.45, 7) is 7.94. The van der Waals surface area contributed by atoms with Crippen molar-refractivity contribution in [2.45, 2.75) is 40.3 Å². The summed E-state index contributed by atoms with van der Waals surface area (Å²) in [5, 5.41) is 21.8. The maximum atomic E-state index is 14.3. The Morgan fingerprint density at radius 2 is 1.91 bits per heavy atom. The second-order valence-electron chi connectivity index (χ2n) is 7.29. The first-order chi connectivity index (χ1) is 15.4. The highest BCUT2D eigenvalue weighted by Crippen LogP contribution is 2.28. The maximum absolute atomic E-state index is 14.3. The molecule has 4 aromatic rings. The molecular formula is C21H23F2N7OS. The predicted molar refractivity (Wildman–Crippen MR) is 118 cm³/mol. The number of rotatable bonds is 8. The van der Waals surface area contributed by atoms with Gasteiger partial charge < -0.3 is 10.1 Å². The average molecular weight is 460 g/mol. The smallest absolute Gasteiger partial charge is 0.211 e. The maximum Gasteiger partial charge on any atom is 0.211 e. The SMILES string of the molecule is CCOc1c(F)ccc(F)c1Cn1ccc(Nc2nnc(C(C)n3nc(C)cc3C)s2)n1. The number of hydrogen-bond donors (Lipinski definition) is 1. The van der Waals surface area contributed by atoms with Crippen molar-refractivity contribution in [1.82, 2.24) is 29.8 Å². The molecule has 0 fully saturated rings. The van der Waals surface area contributed by atoms with Crippen LogP contribution in [0, 0.1) is 25.5 Å². The Bertz CT molecular complexity index is 1230. The Balaban J connectivity index is 1.48. The predicted octanol–water partition coefficient (Wildman–Crippen LogP) is 4.63. The molecule has 1 N–H and O–H groups in total. The van der Waals surface area contributed by atoms with E-state index in [2.05, 4.69) is 25.7 Å². The normalized spacial score (nSPS) is 12.2. The van der Waals surface area contributed by atoms with E-state index in [1.807, 2.05) is 31.5 Å². The fraction of sp³-hybridized carbons (Fsp3) is 0.333. The molecule has 1 atom stereocenters. The van der Waals surface area contributed by atoms with Gasteiger partial charge >= 0.3 is 0 Å². The van der Waals surface area contributed by atoms with Crippen LogP contribution in [-0.2, 0) is 6.54 Å². The number of anilines is 2. The first-order valence-electron chi connectivity index (χ1n) is 10.1. The van der Waals surface area contributed by atoms with Crippen LogP contribution in [0.15, 0.2) is 30.5 Å². The Morgan fingerprint density at radius 1 is 1.12 bits per heavy atom. The minimum atomic E-state index is -0.605. The van der Waals surface area contributed by atoms with E-state index in [4.69, 9.17) is 4.74 Å². The number of aromatic nitrogens is 6. The molecule has 0 radical (unpaired) electrons. The molecule has 0 spiro atoms. The Labute approximate surface area is 187 Å². The minimum absolute atomic E-state index is 0.0247. The van der Waals surface area contributed by atoms with Gasteiger partial charge in [0.1, 0.15) is 16.9 Å². The van der Waals surface area contributed by atoms with Crippen LogP contribution in [0.3, 0.4) is 0 Å². The van der Waals surface area contributed by atoms with Gasteiger partial charge in [0.05, 0.1) is 24.4 Å². The third kappa shape index (κ3) is 4.47. The van der Waals surface area contributed by atoms with Crippen LogP contribution < -0.4 is 10.1 Å². The van der Waals surface area contributed by atoms with E-state index in [9.17, 15) is 8.78 Å². The van der Waals surface area contributed by atoms with Gasteiger partial charge in [0.15, 0.2) is 17.4 Å². The first-order valence-corrected chi connectivity index (χ1v) is 10.9. The molecule has 168 valence electrons. The molecule has 11 heteroatoms. The van der Waals surface area contributed by atoms with Crippen LogP contribution in [0.1, 0.15) is 41.8 Å². The Morgan fingerprint density at radius 3 is 2.62 bits per heavy atom. The number of benzene rings is 1. The lowest BCUT2D eigenvalue weighted by atomic mass is 10.1. The van der Waals surface area contributed by atoms with Crippen molar-refractivity contribution < 1.29 is 13.5 Å². The molecule has 32 heavy (non-hydrogen) atoms. The van der Waals surface area contributed by atoms with E-state index in [-0.39, 0.29) is 30.5 Å². The Hall–Kier alpha value is -3.34. The summed E-state index contributed by atoms with van der Waals surface area (Å²) < 4.78 is 37.1. The molecule has 0 aliphatic rings. The molecule has 1 aromatic carbocycles. The first kappa shape index (κ1) is 21.9. The zero-order chi connectivity index (χ0) is 22.8. The summed E-state index contributed by atoms with van der Waals surface area (Å²) in [5.74, 6) is -0.732. The van der Waals surface area contributed by atoms with E-state index in [0.29, 0.717) is 10.9 Å². The number of ether oxygens (including phenoxy) is 1. The molecule has 1 unspecified atom stereocenters. The lowest BCUT2D eigenvalue weighted by Crippen LogP contribution is -2.10.